The zero-order valence-corrected chi connectivity index (χ0v) is 14.6. The van der Waals surface area contributed by atoms with Crippen molar-refractivity contribution < 1.29 is 9.53 Å². The van der Waals surface area contributed by atoms with Crippen molar-refractivity contribution in [3.05, 3.63) is 64.8 Å². The zero-order chi connectivity index (χ0) is 16.2. The number of rotatable bonds is 4. The molecule has 1 aliphatic heterocycles. The van der Waals surface area contributed by atoms with Gasteiger partial charge in [0.05, 0.1) is 0 Å². The van der Waals surface area contributed by atoms with E-state index in [4.69, 9.17) is 4.74 Å². The Balaban J connectivity index is 1.95. The topological polar surface area (TPSA) is 41.9 Å². The van der Waals surface area contributed by atoms with Gasteiger partial charge < -0.3 is 0 Å². The van der Waals surface area contributed by atoms with Gasteiger partial charge in [-0.1, -0.05) is 0 Å². The number of methoxy groups -OCH3 is 1. The van der Waals surface area contributed by atoms with Crippen LogP contribution in [-0.4, -0.2) is 32.5 Å². The van der Waals surface area contributed by atoms with E-state index in [-0.39, 0.29) is 20.7 Å². The van der Waals surface area contributed by atoms with Gasteiger partial charge in [0.25, 0.3) is 0 Å². The van der Waals surface area contributed by atoms with Gasteiger partial charge in [0.15, 0.2) is 0 Å². The first-order valence-electron chi connectivity index (χ1n) is 7.15. The van der Waals surface area contributed by atoms with E-state index in [1.807, 2.05) is 59.6 Å². The maximum atomic E-state index is 11.7. The third-order valence-electron chi connectivity index (χ3n) is 3.31. The van der Waals surface area contributed by atoms with Crippen molar-refractivity contribution in [3.8, 4) is 5.75 Å². The fraction of sp³-hybridized carbons (Fsp3) is 0.111. The van der Waals surface area contributed by atoms with Crippen molar-refractivity contribution in [1.82, 2.24) is 0 Å². The summed E-state index contributed by atoms with van der Waals surface area (Å²) < 4.78 is 6.86. The average Bonchev–Trinajstić information content (AvgIpc) is 3.00. The molecule has 0 radical (unpaired) electrons. The minimum atomic E-state index is -0.0956. The molecule has 1 aliphatic rings. The molecule has 0 amide bonds. The normalized spacial score (nSPS) is 15.7. The molecule has 2 aromatic rings. The molecule has 0 aromatic heterocycles. The summed E-state index contributed by atoms with van der Waals surface area (Å²) in [5, 5.41) is 6.37. The van der Waals surface area contributed by atoms with Crippen LogP contribution in [0.2, 0.25) is 0 Å². The Labute approximate surface area is 141 Å². The molecule has 4 nitrogen and oxygen atoms in total. The van der Waals surface area contributed by atoms with Gasteiger partial charge in [-0.2, -0.15) is 0 Å². The molecule has 0 saturated heterocycles. The number of Topliss-reactive ketones (excluding diaryl/α,β-unsaturated/α-hetero) is 1. The number of ether oxygens (including phenoxy) is 1. The summed E-state index contributed by atoms with van der Waals surface area (Å²) in [6, 6.07) is 17.7. The van der Waals surface area contributed by atoms with Gasteiger partial charge in [0, 0.05) is 0 Å². The number of benzene rings is 2. The second-order valence-corrected chi connectivity index (χ2v) is 7.08. The molecule has 0 unspecified atom stereocenters. The third-order valence-corrected chi connectivity index (χ3v) is 5.54. The Kier molecular flexibility index (Phi) is 4.60. The van der Waals surface area contributed by atoms with E-state index < -0.39 is 0 Å². The van der Waals surface area contributed by atoms with Crippen LogP contribution in [0.1, 0.15) is 12.5 Å². The first-order valence-corrected chi connectivity index (χ1v) is 8.87. The first kappa shape index (κ1) is 15.5. The molecular weight excluding hydrogens is 355 g/mol. The van der Waals surface area contributed by atoms with E-state index in [1.54, 1.807) is 14.0 Å². The molecule has 2 aromatic carbocycles. The summed E-state index contributed by atoms with van der Waals surface area (Å²) in [6.07, 6.45) is 2.08. The summed E-state index contributed by atoms with van der Waals surface area (Å²) in [6.45, 7) is 1.57. The Morgan fingerprint density at radius 1 is 1.13 bits per heavy atom. The Hall–Kier alpha value is -2.36. The van der Waals surface area contributed by atoms with Crippen LogP contribution in [0.4, 0.5) is 5.69 Å². The molecule has 0 N–H and O–H groups in total. The van der Waals surface area contributed by atoms with Gasteiger partial charge in [-0.15, -0.1) is 0 Å². The van der Waals surface area contributed by atoms with Crippen LogP contribution in [0.15, 0.2) is 64.3 Å². The number of carbonyl (C=O) groups is 1. The molecule has 0 aliphatic carbocycles. The summed E-state index contributed by atoms with van der Waals surface area (Å²) >= 11 is -0.0956. The molecule has 0 atom stereocenters. The SMILES string of the molecule is COc1ccc(/C=C2\[Se]C(C(C)=O)=NN2c2ccccc2)cc1. The van der Waals surface area contributed by atoms with Crippen molar-refractivity contribution in [2.45, 2.75) is 6.92 Å². The van der Waals surface area contributed by atoms with Crippen molar-refractivity contribution in [2.24, 2.45) is 5.10 Å². The van der Waals surface area contributed by atoms with Gasteiger partial charge in [0.1, 0.15) is 0 Å². The standard InChI is InChI=1S/C18H16N2O2Se/c1-13(21)18-19-20(15-6-4-3-5-7-15)17(23-18)12-14-8-10-16(22-2)11-9-14/h3-12H,1-2H3/b17-12-. The van der Waals surface area contributed by atoms with Crippen LogP contribution in [0.5, 0.6) is 5.75 Å². The van der Waals surface area contributed by atoms with E-state index in [2.05, 4.69) is 11.2 Å². The molecule has 0 spiro atoms. The minimum absolute atomic E-state index is 0.0315. The van der Waals surface area contributed by atoms with E-state index in [9.17, 15) is 4.79 Å². The Morgan fingerprint density at radius 2 is 1.83 bits per heavy atom. The average molecular weight is 371 g/mol. The zero-order valence-electron chi connectivity index (χ0n) is 12.9. The van der Waals surface area contributed by atoms with E-state index in [0.29, 0.717) is 4.61 Å². The van der Waals surface area contributed by atoms with E-state index >= 15 is 0 Å². The molecule has 0 saturated carbocycles. The van der Waals surface area contributed by atoms with Gasteiger partial charge in [-0.05, 0) is 0 Å². The predicted octanol–water partition coefficient (Wildman–Crippen LogP) is 3.12. The predicted molar refractivity (Wildman–Crippen MR) is 93.8 cm³/mol. The van der Waals surface area contributed by atoms with Gasteiger partial charge in [-0.3, -0.25) is 0 Å². The van der Waals surface area contributed by atoms with E-state index in [1.165, 1.54) is 0 Å². The van der Waals surface area contributed by atoms with Crippen LogP contribution >= 0.6 is 0 Å². The molecule has 5 heteroatoms. The number of nitrogens with zero attached hydrogens (tertiary/aromatic N) is 2. The molecule has 116 valence electrons. The van der Waals surface area contributed by atoms with Crippen molar-refractivity contribution in [3.63, 3.8) is 0 Å². The Morgan fingerprint density at radius 3 is 2.43 bits per heavy atom. The molecule has 0 fully saturated rings. The second kappa shape index (κ2) is 6.82. The summed E-state index contributed by atoms with van der Waals surface area (Å²) in [5.74, 6) is 0.855. The summed E-state index contributed by atoms with van der Waals surface area (Å²) in [4.78, 5) is 11.7. The molecular formula is C18H16N2O2Se. The van der Waals surface area contributed by atoms with Gasteiger partial charge in [-0.25, -0.2) is 0 Å². The number of hydrogen-bond donors (Lipinski definition) is 0. The number of hydrogen-bond acceptors (Lipinski definition) is 4. The van der Waals surface area contributed by atoms with Gasteiger partial charge >= 0.3 is 141 Å². The molecule has 1 heterocycles. The van der Waals surface area contributed by atoms with E-state index in [0.717, 1.165) is 21.6 Å². The third kappa shape index (κ3) is 3.52. The van der Waals surface area contributed by atoms with Crippen LogP contribution in [0.25, 0.3) is 6.08 Å². The van der Waals surface area contributed by atoms with Crippen LogP contribution in [-0.2, 0) is 4.79 Å². The Bertz CT molecular complexity index is 767. The number of hydrazone groups is 1. The number of ketones is 1. The quantitative estimate of drug-likeness (QED) is 0.776. The second-order valence-electron chi connectivity index (χ2n) is 4.97. The van der Waals surface area contributed by atoms with Crippen molar-refractivity contribution >= 4 is 37.1 Å². The molecule has 0 bridgehead atoms. The number of para-hydroxylation sites is 1. The van der Waals surface area contributed by atoms with Crippen LogP contribution < -0.4 is 9.75 Å². The number of carbonyl (C=O) groups excluding carboxylic acids is 1. The first-order chi connectivity index (χ1) is 11.2. The molecule has 23 heavy (non-hydrogen) atoms. The fourth-order valence-corrected chi connectivity index (χ4v) is 4.00. The molecule has 3 rings (SSSR count). The van der Waals surface area contributed by atoms with Crippen molar-refractivity contribution in [2.75, 3.05) is 12.1 Å². The monoisotopic (exact) mass is 372 g/mol. The fourth-order valence-electron chi connectivity index (χ4n) is 2.13. The number of anilines is 1. The van der Waals surface area contributed by atoms with Crippen molar-refractivity contribution in [1.29, 1.82) is 0 Å². The van der Waals surface area contributed by atoms with Crippen LogP contribution in [0.3, 0.4) is 0 Å². The maximum absolute atomic E-state index is 11.7. The summed E-state index contributed by atoms with van der Waals surface area (Å²) in [7, 11) is 1.65. The van der Waals surface area contributed by atoms with Crippen LogP contribution in [0, 0.1) is 0 Å². The summed E-state index contributed by atoms with van der Waals surface area (Å²) in [5.41, 5.74) is 2.02. The van der Waals surface area contributed by atoms with Gasteiger partial charge in [0.2, 0.25) is 0 Å².